The first-order chi connectivity index (χ1) is 11.5. The van der Waals surface area contributed by atoms with Gasteiger partial charge in [-0.15, -0.1) is 0 Å². The minimum absolute atomic E-state index is 0.00989. The summed E-state index contributed by atoms with van der Waals surface area (Å²) < 4.78 is 12.2. The number of benzene rings is 2. The zero-order chi connectivity index (χ0) is 17.3. The Balaban J connectivity index is 1.96. The number of ether oxygens (including phenoxy) is 2. The highest BCUT2D eigenvalue weighted by atomic mass is 35.5. The van der Waals surface area contributed by atoms with Crippen LogP contribution >= 0.6 is 23.2 Å². The van der Waals surface area contributed by atoms with Crippen LogP contribution in [0.5, 0.6) is 11.5 Å². The number of likely N-dealkylation sites (N-methyl/N-ethyl adjacent to an activating group) is 1. The van der Waals surface area contributed by atoms with E-state index in [1.165, 1.54) is 0 Å². The van der Waals surface area contributed by atoms with E-state index in [-0.39, 0.29) is 12.0 Å². The quantitative estimate of drug-likeness (QED) is 0.772. The minimum Gasteiger partial charge on any atom is -0.486 e. The van der Waals surface area contributed by atoms with Gasteiger partial charge < -0.3 is 14.4 Å². The molecule has 1 aliphatic heterocycles. The summed E-state index contributed by atoms with van der Waals surface area (Å²) in [6, 6.07) is 11.5. The second-order valence-electron chi connectivity index (χ2n) is 6.38. The van der Waals surface area contributed by atoms with E-state index in [0.29, 0.717) is 16.7 Å². The molecule has 0 spiro atoms. The van der Waals surface area contributed by atoms with E-state index in [4.69, 9.17) is 32.7 Å². The van der Waals surface area contributed by atoms with E-state index in [1.807, 2.05) is 38.4 Å². The van der Waals surface area contributed by atoms with Crippen LogP contribution in [0.1, 0.15) is 24.0 Å². The van der Waals surface area contributed by atoms with Gasteiger partial charge in [-0.25, -0.2) is 0 Å². The predicted octanol–water partition coefficient (Wildman–Crippen LogP) is 4.85. The van der Waals surface area contributed by atoms with Gasteiger partial charge in [0.05, 0.1) is 0 Å². The molecular weight excluding hydrogens is 345 g/mol. The van der Waals surface area contributed by atoms with E-state index in [0.717, 1.165) is 29.2 Å². The molecule has 1 heterocycles. The number of halogens is 2. The van der Waals surface area contributed by atoms with Crippen LogP contribution in [0.25, 0.3) is 0 Å². The van der Waals surface area contributed by atoms with Crippen molar-refractivity contribution in [1.82, 2.24) is 4.90 Å². The van der Waals surface area contributed by atoms with Crippen molar-refractivity contribution >= 4 is 23.2 Å². The maximum Gasteiger partial charge on any atom is 0.165 e. The van der Waals surface area contributed by atoms with Crippen molar-refractivity contribution in [3.63, 3.8) is 0 Å². The SMILES string of the molecule is C[C@H](c1cc(Cl)ccc1Cl)c1cccc2c1OC(CN(C)C)CO2. The van der Waals surface area contributed by atoms with E-state index < -0.39 is 0 Å². The highest BCUT2D eigenvalue weighted by Crippen LogP contribution is 2.42. The van der Waals surface area contributed by atoms with Gasteiger partial charge in [0.2, 0.25) is 0 Å². The van der Waals surface area contributed by atoms with Gasteiger partial charge in [-0.05, 0) is 43.9 Å². The van der Waals surface area contributed by atoms with Crippen molar-refractivity contribution in [2.24, 2.45) is 0 Å². The Morgan fingerprint density at radius 2 is 1.96 bits per heavy atom. The van der Waals surface area contributed by atoms with Gasteiger partial charge in [-0.1, -0.05) is 42.3 Å². The molecule has 1 unspecified atom stereocenters. The largest absolute Gasteiger partial charge is 0.486 e. The van der Waals surface area contributed by atoms with Crippen LogP contribution in [0, 0.1) is 0 Å². The van der Waals surface area contributed by atoms with Crippen molar-refractivity contribution in [3.8, 4) is 11.5 Å². The Kier molecular flexibility index (Phi) is 5.24. The number of nitrogens with zero attached hydrogens (tertiary/aromatic N) is 1. The lowest BCUT2D eigenvalue weighted by Crippen LogP contribution is -2.38. The van der Waals surface area contributed by atoms with E-state index in [2.05, 4.69) is 17.9 Å². The summed E-state index contributed by atoms with van der Waals surface area (Å²) in [7, 11) is 4.05. The molecule has 0 fully saturated rings. The standard InChI is InChI=1S/C19H21Cl2NO2/c1-12(16-9-13(20)7-8-17(16)21)15-5-4-6-18-19(15)24-14(11-23-18)10-22(2)3/h4-9,12,14H,10-11H2,1-3H3/t12-,14?/m0/s1. The summed E-state index contributed by atoms with van der Waals surface area (Å²) in [4.78, 5) is 2.10. The molecule has 0 saturated heterocycles. The molecule has 3 rings (SSSR count). The third kappa shape index (κ3) is 3.64. The van der Waals surface area contributed by atoms with Gasteiger partial charge in [0, 0.05) is 28.1 Å². The Morgan fingerprint density at radius 1 is 1.17 bits per heavy atom. The van der Waals surface area contributed by atoms with Crippen LogP contribution in [0.15, 0.2) is 36.4 Å². The zero-order valence-corrected chi connectivity index (χ0v) is 15.6. The summed E-state index contributed by atoms with van der Waals surface area (Å²) in [5.41, 5.74) is 2.04. The molecule has 1 aliphatic rings. The second kappa shape index (κ2) is 7.22. The lowest BCUT2D eigenvalue weighted by molar-refractivity contribution is 0.0697. The van der Waals surface area contributed by atoms with Crippen LogP contribution in [-0.2, 0) is 0 Å². The lowest BCUT2D eigenvalue weighted by Gasteiger charge is -2.31. The normalized spacial score (nSPS) is 17.8. The topological polar surface area (TPSA) is 21.7 Å². The van der Waals surface area contributed by atoms with E-state index in [1.54, 1.807) is 6.07 Å². The molecule has 0 aliphatic carbocycles. The Hall–Kier alpha value is -1.42. The molecule has 0 saturated carbocycles. The van der Waals surface area contributed by atoms with E-state index >= 15 is 0 Å². The van der Waals surface area contributed by atoms with Crippen molar-refractivity contribution in [3.05, 3.63) is 57.6 Å². The Bertz CT molecular complexity index is 733. The molecule has 24 heavy (non-hydrogen) atoms. The fourth-order valence-corrected chi connectivity index (χ4v) is 3.47. The average Bonchev–Trinajstić information content (AvgIpc) is 2.55. The fourth-order valence-electron chi connectivity index (χ4n) is 3.01. The third-order valence-electron chi connectivity index (χ3n) is 4.18. The number of rotatable bonds is 4. The molecule has 2 aromatic carbocycles. The molecule has 5 heteroatoms. The van der Waals surface area contributed by atoms with E-state index in [9.17, 15) is 0 Å². The van der Waals surface area contributed by atoms with Gasteiger partial charge in [0.1, 0.15) is 12.7 Å². The van der Waals surface area contributed by atoms with Crippen molar-refractivity contribution in [2.45, 2.75) is 18.9 Å². The van der Waals surface area contributed by atoms with Crippen LogP contribution in [-0.4, -0.2) is 38.3 Å². The molecular formula is C19H21Cl2NO2. The highest BCUT2D eigenvalue weighted by Gasteiger charge is 2.27. The molecule has 128 valence electrons. The van der Waals surface area contributed by atoms with Crippen LogP contribution in [0.3, 0.4) is 0 Å². The Morgan fingerprint density at radius 3 is 2.71 bits per heavy atom. The first-order valence-electron chi connectivity index (χ1n) is 7.97. The first-order valence-corrected chi connectivity index (χ1v) is 8.73. The van der Waals surface area contributed by atoms with Crippen LogP contribution < -0.4 is 9.47 Å². The van der Waals surface area contributed by atoms with Crippen molar-refractivity contribution < 1.29 is 9.47 Å². The summed E-state index contributed by atoms with van der Waals surface area (Å²) in [6.07, 6.45) is 0.00989. The smallest absolute Gasteiger partial charge is 0.165 e. The van der Waals surface area contributed by atoms with Gasteiger partial charge in [-0.3, -0.25) is 0 Å². The molecule has 2 aromatic rings. The second-order valence-corrected chi connectivity index (χ2v) is 7.22. The average molecular weight is 366 g/mol. The van der Waals surface area contributed by atoms with Crippen LogP contribution in [0.4, 0.5) is 0 Å². The summed E-state index contributed by atoms with van der Waals surface area (Å²) in [6.45, 7) is 3.47. The molecule has 3 nitrogen and oxygen atoms in total. The number of hydrogen-bond donors (Lipinski definition) is 0. The van der Waals surface area contributed by atoms with Gasteiger partial charge in [0.15, 0.2) is 11.5 Å². The Labute approximate surface area is 153 Å². The first kappa shape index (κ1) is 17.4. The molecule has 0 N–H and O–H groups in total. The summed E-state index contributed by atoms with van der Waals surface area (Å²) in [5, 5.41) is 1.37. The number of fused-ring (bicyclic) bond motifs is 1. The van der Waals surface area contributed by atoms with Gasteiger partial charge in [-0.2, -0.15) is 0 Å². The lowest BCUT2D eigenvalue weighted by atomic mass is 9.92. The van der Waals surface area contributed by atoms with Crippen LogP contribution in [0.2, 0.25) is 10.0 Å². The fraction of sp³-hybridized carbons (Fsp3) is 0.368. The maximum atomic E-state index is 6.38. The summed E-state index contributed by atoms with van der Waals surface area (Å²) >= 11 is 12.5. The third-order valence-corrected chi connectivity index (χ3v) is 4.76. The highest BCUT2D eigenvalue weighted by molar-refractivity contribution is 6.33. The molecule has 0 aromatic heterocycles. The number of para-hydroxylation sites is 1. The molecule has 0 amide bonds. The van der Waals surface area contributed by atoms with Gasteiger partial charge in [0.25, 0.3) is 0 Å². The van der Waals surface area contributed by atoms with Gasteiger partial charge >= 0.3 is 0 Å². The van der Waals surface area contributed by atoms with Crippen molar-refractivity contribution in [1.29, 1.82) is 0 Å². The maximum absolute atomic E-state index is 6.38. The predicted molar refractivity (Wildman–Crippen MR) is 98.9 cm³/mol. The molecule has 2 atom stereocenters. The summed E-state index contributed by atoms with van der Waals surface area (Å²) in [5.74, 6) is 1.64. The molecule has 0 radical (unpaired) electrons. The minimum atomic E-state index is 0.00989. The van der Waals surface area contributed by atoms with Crippen molar-refractivity contribution in [2.75, 3.05) is 27.2 Å². The zero-order valence-electron chi connectivity index (χ0n) is 14.1. The molecule has 0 bridgehead atoms. The monoisotopic (exact) mass is 365 g/mol. The number of hydrogen-bond acceptors (Lipinski definition) is 3.